The lowest BCUT2D eigenvalue weighted by molar-refractivity contribution is -0.137. The molecule has 2 rings (SSSR count). The van der Waals surface area contributed by atoms with E-state index >= 15 is 0 Å². The summed E-state index contributed by atoms with van der Waals surface area (Å²) in [6, 6.07) is 10.1. The van der Waals surface area contributed by atoms with Crippen LogP contribution in [-0.4, -0.2) is 42.1 Å². The number of aliphatic carboxylic acids is 1. The van der Waals surface area contributed by atoms with Crippen LogP contribution in [0, 0.1) is 0 Å². The third-order valence-electron chi connectivity index (χ3n) is 3.13. The van der Waals surface area contributed by atoms with E-state index in [0.717, 1.165) is 6.42 Å². The van der Waals surface area contributed by atoms with Crippen molar-refractivity contribution in [3.05, 3.63) is 35.2 Å². The Labute approximate surface area is 127 Å². The van der Waals surface area contributed by atoms with Crippen molar-refractivity contribution in [2.24, 2.45) is 0 Å². The molecular weight excluding hydrogens is 288 g/mol. The van der Waals surface area contributed by atoms with E-state index in [4.69, 9.17) is 5.11 Å². The maximum absolute atomic E-state index is 11.7. The Balaban J connectivity index is 1.78. The Hall–Kier alpha value is -2.08. The minimum absolute atomic E-state index is 0.0414. The van der Waals surface area contributed by atoms with Crippen molar-refractivity contribution in [1.82, 2.24) is 10.2 Å². The highest BCUT2D eigenvalue weighted by molar-refractivity contribution is 7.19. The maximum atomic E-state index is 11.7. The summed E-state index contributed by atoms with van der Waals surface area (Å²) < 4.78 is 1.25. The Morgan fingerprint density at radius 2 is 2.10 bits per heavy atom. The second kappa shape index (κ2) is 7.08. The first-order chi connectivity index (χ1) is 10.1. The zero-order valence-corrected chi connectivity index (χ0v) is 12.7. The molecule has 0 saturated heterocycles. The fourth-order valence-electron chi connectivity index (χ4n) is 1.95. The van der Waals surface area contributed by atoms with E-state index in [1.54, 1.807) is 18.4 Å². The molecule has 1 aromatic carbocycles. The van der Waals surface area contributed by atoms with E-state index in [-0.39, 0.29) is 19.0 Å². The van der Waals surface area contributed by atoms with E-state index in [1.165, 1.54) is 19.9 Å². The molecule has 21 heavy (non-hydrogen) atoms. The van der Waals surface area contributed by atoms with Crippen LogP contribution in [0.25, 0.3) is 10.1 Å². The predicted molar refractivity (Wildman–Crippen MR) is 83.8 cm³/mol. The monoisotopic (exact) mass is 306 g/mol. The molecule has 0 aliphatic carbocycles. The van der Waals surface area contributed by atoms with Gasteiger partial charge < -0.3 is 15.3 Å². The second-order valence-corrected chi connectivity index (χ2v) is 5.97. The van der Waals surface area contributed by atoms with Crippen LogP contribution in [0.15, 0.2) is 30.3 Å². The van der Waals surface area contributed by atoms with E-state index in [9.17, 15) is 9.59 Å². The minimum atomic E-state index is -0.903. The van der Waals surface area contributed by atoms with Gasteiger partial charge in [0.15, 0.2) is 0 Å². The third-order valence-corrected chi connectivity index (χ3v) is 4.31. The van der Waals surface area contributed by atoms with Crippen LogP contribution in [0.2, 0.25) is 0 Å². The van der Waals surface area contributed by atoms with Gasteiger partial charge in [-0.05, 0) is 23.9 Å². The van der Waals surface area contributed by atoms with Gasteiger partial charge in [0.1, 0.15) is 0 Å². The number of rotatable bonds is 6. The maximum Gasteiger partial charge on any atom is 0.317 e. The number of benzene rings is 1. The number of carboxylic acid groups (broad SMARTS) is 1. The molecule has 0 fully saturated rings. The summed E-state index contributed by atoms with van der Waals surface area (Å²) >= 11 is 1.73. The minimum Gasteiger partial charge on any atom is -0.481 e. The molecule has 1 heterocycles. The molecule has 2 aromatic rings. The first-order valence-electron chi connectivity index (χ1n) is 6.74. The summed E-state index contributed by atoms with van der Waals surface area (Å²) in [5.41, 5.74) is 0. The summed E-state index contributed by atoms with van der Waals surface area (Å²) in [4.78, 5) is 24.8. The highest BCUT2D eigenvalue weighted by Gasteiger charge is 2.09. The Morgan fingerprint density at radius 1 is 1.33 bits per heavy atom. The van der Waals surface area contributed by atoms with Crippen LogP contribution in [0.1, 0.15) is 11.3 Å². The average Bonchev–Trinajstić information content (AvgIpc) is 2.87. The van der Waals surface area contributed by atoms with Gasteiger partial charge in [0.25, 0.3) is 0 Å². The normalized spacial score (nSPS) is 10.5. The van der Waals surface area contributed by atoms with Crippen LogP contribution in [0.5, 0.6) is 0 Å². The van der Waals surface area contributed by atoms with Gasteiger partial charge in [-0.15, -0.1) is 11.3 Å². The number of thiophene rings is 1. The molecule has 0 spiro atoms. The van der Waals surface area contributed by atoms with Crippen molar-refractivity contribution >= 4 is 33.4 Å². The van der Waals surface area contributed by atoms with Crippen molar-refractivity contribution in [1.29, 1.82) is 0 Å². The van der Waals surface area contributed by atoms with Gasteiger partial charge >= 0.3 is 12.0 Å². The summed E-state index contributed by atoms with van der Waals surface area (Å²) in [5.74, 6) is -0.903. The zero-order chi connectivity index (χ0) is 15.2. The number of hydrogen-bond donors (Lipinski definition) is 2. The van der Waals surface area contributed by atoms with Crippen LogP contribution >= 0.6 is 11.3 Å². The van der Waals surface area contributed by atoms with E-state index < -0.39 is 5.97 Å². The lowest BCUT2D eigenvalue weighted by Crippen LogP contribution is -2.39. The van der Waals surface area contributed by atoms with Crippen molar-refractivity contribution in [2.45, 2.75) is 12.8 Å². The molecule has 0 unspecified atom stereocenters. The number of nitrogens with one attached hydrogen (secondary N) is 1. The highest BCUT2D eigenvalue weighted by atomic mass is 32.1. The number of hydrogen-bond acceptors (Lipinski definition) is 3. The first-order valence-corrected chi connectivity index (χ1v) is 7.56. The summed E-state index contributed by atoms with van der Waals surface area (Å²) in [6.45, 7) is 0.757. The van der Waals surface area contributed by atoms with Crippen molar-refractivity contribution in [3.63, 3.8) is 0 Å². The van der Waals surface area contributed by atoms with Gasteiger partial charge in [0, 0.05) is 29.7 Å². The number of carbonyl (C=O) groups is 2. The summed E-state index contributed by atoms with van der Waals surface area (Å²) in [7, 11) is 1.59. The summed E-state index contributed by atoms with van der Waals surface area (Å²) in [6.07, 6.45) is 0.734. The molecule has 0 aliphatic heterocycles. The van der Waals surface area contributed by atoms with Gasteiger partial charge in [-0.2, -0.15) is 0 Å². The molecule has 0 aliphatic rings. The topological polar surface area (TPSA) is 69.6 Å². The van der Waals surface area contributed by atoms with Crippen LogP contribution in [0.3, 0.4) is 0 Å². The molecule has 0 saturated carbocycles. The van der Waals surface area contributed by atoms with Crippen LogP contribution in [-0.2, 0) is 11.2 Å². The molecule has 0 radical (unpaired) electrons. The van der Waals surface area contributed by atoms with E-state index in [1.807, 2.05) is 12.1 Å². The fourth-order valence-corrected chi connectivity index (χ4v) is 3.02. The van der Waals surface area contributed by atoms with Crippen molar-refractivity contribution < 1.29 is 14.7 Å². The molecule has 2 amide bonds. The summed E-state index contributed by atoms with van der Waals surface area (Å²) in [5, 5.41) is 12.6. The predicted octanol–water partition coefficient (Wildman–Crippen LogP) is 2.56. The molecular formula is C15H18N2O3S. The smallest absolute Gasteiger partial charge is 0.317 e. The largest absolute Gasteiger partial charge is 0.481 e. The molecule has 1 aromatic heterocycles. The van der Waals surface area contributed by atoms with Crippen molar-refractivity contribution in [2.75, 3.05) is 20.1 Å². The molecule has 112 valence electrons. The lowest BCUT2D eigenvalue weighted by Gasteiger charge is -2.16. The van der Waals surface area contributed by atoms with Gasteiger partial charge in [-0.1, -0.05) is 18.2 Å². The Bertz CT molecular complexity index is 606. The highest BCUT2D eigenvalue weighted by Crippen LogP contribution is 2.25. The van der Waals surface area contributed by atoms with Crippen LogP contribution < -0.4 is 5.32 Å². The van der Waals surface area contributed by atoms with E-state index in [0.29, 0.717) is 6.54 Å². The van der Waals surface area contributed by atoms with Gasteiger partial charge in [0.05, 0.1) is 6.42 Å². The Morgan fingerprint density at radius 3 is 2.81 bits per heavy atom. The lowest BCUT2D eigenvalue weighted by atomic mass is 10.2. The average molecular weight is 306 g/mol. The second-order valence-electron chi connectivity index (χ2n) is 4.80. The SMILES string of the molecule is CN(CCC(=O)O)C(=O)NCCc1cc2ccccc2s1. The molecule has 0 bridgehead atoms. The number of carboxylic acids is 1. The first kappa shape index (κ1) is 15.3. The Kier molecular flexibility index (Phi) is 5.16. The fraction of sp³-hybridized carbons (Fsp3) is 0.333. The quantitative estimate of drug-likeness (QED) is 0.861. The third kappa shape index (κ3) is 4.46. The van der Waals surface area contributed by atoms with Crippen LogP contribution in [0.4, 0.5) is 4.79 Å². The van der Waals surface area contributed by atoms with Gasteiger partial charge in [-0.25, -0.2) is 4.79 Å². The van der Waals surface area contributed by atoms with Crippen molar-refractivity contribution in [3.8, 4) is 0 Å². The molecule has 2 N–H and O–H groups in total. The number of nitrogens with zero attached hydrogens (tertiary/aromatic N) is 1. The standard InChI is InChI=1S/C15H18N2O3S/c1-17(9-7-14(18)19)15(20)16-8-6-12-10-11-4-2-3-5-13(11)21-12/h2-5,10H,6-9H2,1H3,(H,16,20)(H,18,19). The molecule has 5 nitrogen and oxygen atoms in total. The van der Waals surface area contributed by atoms with Gasteiger partial charge in [-0.3, -0.25) is 4.79 Å². The number of urea groups is 1. The molecule has 0 atom stereocenters. The molecule has 6 heteroatoms. The number of fused-ring (bicyclic) bond motifs is 1. The number of amides is 2. The number of carbonyl (C=O) groups excluding carboxylic acids is 1. The zero-order valence-electron chi connectivity index (χ0n) is 11.8. The van der Waals surface area contributed by atoms with Gasteiger partial charge in [0.2, 0.25) is 0 Å². The van der Waals surface area contributed by atoms with E-state index in [2.05, 4.69) is 23.5 Å².